The molecule has 8 nitrogen and oxygen atoms in total. The number of hydrogen-bond acceptors (Lipinski definition) is 7. The fraction of sp³-hybridized carbons (Fsp3) is 0.300. The molecule has 2 amide bonds. The topological polar surface area (TPSA) is 91.6 Å². The van der Waals surface area contributed by atoms with Gasteiger partial charge in [-0.15, -0.1) is 10.2 Å². The van der Waals surface area contributed by atoms with E-state index >= 15 is 0 Å². The van der Waals surface area contributed by atoms with Gasteiger partial charge >= 0.3 is 0 Å². The molecule has 0 radical (unpaired) electrons. The van der Waals surface area contributed by atoms with Crippen molar-refractivity contribution in [2.24, 2.45) is 0 Å². The van der Waals surface area contributed by atoms with E-state index in [0.29, 0.717) is 43.5 Å². The van der Waals surface area contributed by atoms with E-state index in [1.54, 1.807) is 17.0 Å². The number of hydrogen-bond donors (Lipinski definition) is 1. The van der Waals surface area contributed by atoms with Crippen LogP contribution in [-0.2, 0) is 11.2 Å². The van der Waals surface area contributed by atoms with Gasteiger partial charge in [-0.25, -0.2) is 0 Å². The maximum absolute atomic E-state index is 12.3. The largest absolute Gasteiger partial charge is 0.459 e. The van der Waals surface area contributed by atoms with Gasteiger partial charge in [-0.2, -0.15) is 0 Å². The van der Waals surface area contributed by atoms with Crippen molar-refractivity contribution in [3.63, 3.8) is 0 Å². The number of nitrogens with one attached hydrogen (secondary N) is 1. The molecule has 1 aliphatic heterocycles. The molecule has 0 unspecified atom stereocenters. The predicted molar refractivity (Wildman–Crippen MR) is 109 cm³/mol. The van der Waals surface area contributed by atoms with Gasteiger partial charge in [-0.3, -0.25) is 19.8 Å². The van der Waals surface area contributed by atoms with Gasteiger partial charge in [0.25, 0.3) is 5.91 Å². The van der Waals surface area contributed by atoms with Gasteiger partial charge in [0.15, 0.2) is 5.76 Å². The Kier molecular flexibility index (Phi) is 5.97. The molecule has 0 spiro atoms. The van der Waals surface area contributed by atoms with E-state index in [9.17, 15) is 9.59 Å². The normalized spacial score (nSPS) is 14.7. The number of nitrogens with zero attached hydrogens (tertiary/aromatic N) is 4. The summed E-state index contributed by atoms with van der Waals surface area (Å²) in [6, 6.07) is 13.4. The van der Waals surface area contributed by atoms with Crippen molar-refractivity contribution in [3.8, 4) is 0 Å². The summed E-state index contributed by atoms with van der Waals surface area (Å²) in [5.74, 6) is 0.107. The zero-order valence-electron chi connectivity index (χ0n) is 15.8. The first kappa shape index (κ1) is 19.3. The summed E-state index contributed by atoms with van der Waals surface area (Å²) in [6.45, 7) is 2.65. The number of rotatable bonds is 6. The molecule has 1 aliphatic rings. The number of carbonyl (C=O) groups excluding carboxylic acids is 2. The van der Waals surface area contributed by atoms with Crippen LogP contribution in [0.4, 0.5) is 5.13 Å². The Morgan fingerprint density at radius 1 is 1.03 bits per heavy atom. The molecule has 0 aliphatic carbocycles. The summed E-state index contributed by atoms with van der Waals surface area (Å²) in [5.41, 5.74) is 1.16. The second kappa shape index (κ2) is 8.97. The van der Waals surface area contributed by atoms with Gasteiger partial charge in [-0.1, -0.05) is 41.7 Å². The quantitative estimate of drug-likeness (QED) is 0.668. The number of aromatic nitrogens is 2. The van der Waals surface area contributed by atoms with Crippen LogP contribution in [0.2, 0.25) is 0 Å². The molecule has 0 atom stereocenters. The van der Waals surface area contributed by atoms with E-state index in [1.807, 2.05) is 35.2 Å². The van der Waals surface area contributed by atoms with Crippen LogP contribution in [0, 0.1) is 0 Å². The third-order valence-corrected chi connectivity index (χ3v) is 5.51. The second-order valence-corrected chi connectivity index (χ2v) is 7.82. The van der Waals surface area contributed by atoms with Gasteiger partial charge in [0, 0.05) is 32.6 Å². The van der Waals surface area contributed by atoms with E-state index in [4.69, 9.17) is 4.42 Å². The Bertz CT molecular complexity index is 950. The number of anilines is 1. The van der Waals surface area contributed by atoms with E-state index in [2.05, 4.69) is 15.5 Å². The zero-order chi connectivity index (χ0) is 20.1. The smallest absolute Gasteiger partial charge is 0.289 e. The molecule has 4 rings (SSSR count). The maximum Gasteiger partial charge on any atom is 0.289 e. The van der Waals surface area contributed by atoms with Crippen molar-refractivity contribution < 1.29 is 14.0 Å². The third kappa shape index (κ3) is 5.07. The SMILES string of the molecule is O=C(CN1CCN(C(=O)c2ccco2)CC1)Nc1nnc(Cc2ccccc2)s1. The fourth-order valence-electron chi connectivity index (χ4n) is 3.17. The van der Waals surface area contributed by atoms with Crippen molar-refractivity contribution in [3.05, 3.63) is 65.1 Å². The van der Waals surface area contributed by atoms with E-state index in [1.165, 1.54) is 17.6 Å². The molecule has 1 fully saturated rings. The number of furan rings is 1. The van der Waals surface area contributed by atoms with E-state index in [0.717, 1.165) is 10.6 Å². The number of carbonyl (C=O) groups is 2. The molecular formula is C20H21N5O3S. The summed E-state index contributed by atoms with van der Waals surface area (Å²) >= 11 is 1.38. The van der Waals surface area contributed by atoms with E-state index < -0.39 is 0 Å². The minimum absolute atomic E-state index is 0.112. The third-order valence-electron chi connectivity index (χ3n) is 4.67. The molecule has 1 saturated heterocycles. The number of benzene rings is 1. The molecule has 3 heterocycles. The van der Waals surface area contributed by atoms with Crippen molar-refractivity contribution in [2.75, 3.05) is 38.0 Å². The fourth-order valence-corrected chi connectivity index (χ4v) is 3.96. The molecule has 1 N–H and O–H groups in total. The summed E-state index contributed by atoms with van der Waals surface area (Å²) in [5, 5.41) is 12.4. The second-order valence-electron chi connectivity index (χ2n) is 6.76. The molecule has 1 aromatic carbocycles. The molecule has 29 heavy (non-hydrogen) atoms. The molecule has 3 aromatic rings. The lowest BCUT2D eigenvalue weighted by molar-refractivity contribution is -0.117. The average molecular weight is 411 g/mol. The highest BCUT2D eigenvalue weighted by Gasteiger charge is 2.24. The van der Waals surface area contributed by atoms with Crippen molar-refractivity contribution in [2.45, 2.75) is 6.42 Å². The first-order chi connectivity index (χ1) is 14.2. The van der Waals surface area contributed by atoms with Crippen LogP contribution in [0.1, 0.15) is 21.1 Å². The summed E-state index contributed by atoms with van der Waals surface area (Å²) < 4.78 is 5.17. The van der Waals surface area contributed by atoms with E-state index in [-0.39, 0.29) is 18.4 Å². The number of piperazine rings is 1. The minimum atomic E-state index is -0.127. The van der Waals surface area contributed by atoms with Gasteiger partial charge in [0.1, 0.15) is 5.01 Å². The molecule has 2 aromatic heterocycles. The van der Waals surface area contributed by atoms with Crippen LogP contribution < -0.4 is 5.32 Å². The standard InChI is InChI=1S/C20H21N5O3S/c26-17(21-20-23-22-18(29-20)13-15-5-2-1-3-6-15)14-24-8-10-25(11-9-24)19(27)16-7-4-12-28-16/h1-7,12H,8-11,13-14H2,(H,21,23,26). The predicted octanol–water partition coefficient (Wildman–Crippen LogP) is 2.12. The maximum atomic E-state index is 12.3. The van der Waals surface area contributed by atoms with Gasteiger partial charge in [0.2, 0.25) is 11.0 Å². The summed E-state index contributed by atoms with van der Waals surface area (Å²) in [4.78, 5) is 28.4. The Hall–Kier alpha value is -3.04. The Morgan fingerprint density at radius 3 is 2.55 bits per heavy atom. The van der Waals surface area contributed by atoms with Crippen LogP contribution in [0.3, 0.4) is 0 Å². The number of amides is 2. The van der Waals surface area contributed by atoms with Crippen LogP contribution in [0.25, 0.3) is 0 Å². The zero-order valence-corrected chi connectivity index (χ0v) is 16.6. The highest BCUT2D eigenvalue weighted by atomic mass is 32.1. The van der Waals surface area contributed by atoms with Crippen molar-refractivity contribution in [1.82, 2.24) is 20.0 Å². The first-order valence-electron chi connectivity index (χ1n) is 9.38. The molecule has 0 saturated carbocycles. The van der Waals surface area contributed by atoms with Crippen molar-refractivity contribution in [1.29, 1.82) is 0 Å². The van der Waals surface area contributed by atoms with Gasteiger partial charge in [0.05, 0.1) is 12.8 Å². The summed E-state index contributed by atoms with van der Waals surface area (Å²) in [7, 11) is 0. The van der Waals surface area contributed by atoms with Crippen LogP contribution in [0.5, 0.6) is 0 Å². The Labute approximate surface area is 172 Å². The van der Waals surface area contributed by atoms with Gasteiger partial charge < -0.3 is 9.32 Å². The molecule has 9 heteroatoms. The average Bonchev–Trinajstić information content (AvgIpc) is 3.41. The van der Waals surface area contributed by atoms with Crippen LogP contribution in [0.15, 0.2) is 53.1 Å². The molecule has 150 valence electrons. The van der Waals surface area contributed by atoms with Gasteiger partial charge in [-0.05, 0) is 17.7 Å². The lowest BCUT2D eigenvalue weighted by atomic mass is 10.2. The first-order valence-corrected chi connectivity index (χ1v) is 10.2. The highest BCUT2D eigenvalue weighted by molar-refractivity contribution is 7.15. The molecular weight excluding hydrogens is 390 g/mol. The Morgan fingerprint density at radius 2 is 1.83 bits per heavy atom. The lowest BCUT2D eigenvalue weighted by Crippen LogP contribution is -2.50. The minimum Gasteiger partial charge on any atom is -0.459 e. The highest BCUT2D eigenvalue weighted by Crippen LogP contribution is 2.18. The van der Waals surface area contributed by atoms with Crippen molar-refractivity contribution >= 4 is 28.3 Å². The lowest BCUT2D eigenvalue weighted by Gasteiger charge is -2.33. The van der Waals surface area contributed by atoms with Crippen LogP contribution in [-0.4, -0.2) is 64.5 Å². The Balaban J connectivity index is 1.23. The summed E-state index contributed by atoms with van der Waals surface area (Å²) in [6.07, 6.45) is 2.19. The van der Waals surface area contributed by atoms with Crippen LogP contribution >= 0.6 is 11.3 Å². The molecule has 0 bridgehead atoms. The monoisotopic (exact) mass is 411 g/mol.